The van der Waals surface area contributed by atoms with Crippen LogP contribution in [0.15, 0.2) is 30.5 Å². The molecule has 0 spiro atoms. The number of aliphatic hydroxyl groups is 1. The average molecular weight is 436 g/mol. The monoisotopic (exact) mass is 436 g/mol. The van der Waals surface area contributed by atoms with Crippen molar-refractivity contribution in [2.45, 2.75) is 37.8 Å². The molecule has 4 rings (SSSR count). The Balaban J connectivity index is 1.49. The van der Waals surface area contributed by atoms with Crippen LogP contribution in [0.4, 0.5) is 19.0 Å². The molecule has 1 amide bonds. The fraction of sp³-hybridized carbons (Fsp3) is 0.400. The Hall–Kier alpha value is -2.59. The van der Waals surface area contributed by atoms with E-state index >= 15 is 0 Å². The Morgan fingerprint density at radius 1 is 1.20 bits per heavy atom. The van der Waals surface area contributed by atoms with Gasteiger partial charge in [0.1, 0.15) is 17.2 Å². The number of fused-ring (bicyclic) bond motifs is 1. The molecule has 1 saturated carbocycles. The maximum absolute atomic E-state index is 12.8. The van der Waals surface area contributed by atoms with E-state index in [0.29, 0.717) is 11.8 Å². The third-order valence-electron chi connectivity index (χ3n) is 5.26. The number of carbonyl (C=O) groups excluding carboxylic acids is 1. The number of halogens is 3. The fourth-order valence-electron chi connectivity index (χ4n) is 3.58. The highest BCUT2D eigenvalue weighted by Gasteiger charge is 2.33. The van der Waals surface area contributed by atoms with E-state index < -0.39 is 17.8 Å². The predicted octanol–water partition coefficient (Wildman–Crippen LogP) is 4.62. The van der Waals surface area contributed by atoms with Crippen LogP contribution in [0.2, 0.25) is 0 Å². The molecule has 0 bridgehead atoms. The van der Waals surface area contributed by atoms with Crippen molar-refractivity contribution in [1.82, 2.24) is 15.0 Å². The van der Waals surface area contributed by atoms with Gasteiger partial charge in [0.2, 0.25) is 0 Å². The first-order valence-electron chi connectivity index (χ1n) is 9.56. The number of carbonyl (C=O) groups is 1. The zero-order chi connectivity index (χ0) is 21.3. The van der Waals surface area contributed by atoms with E-state index in [1.807, 2.05) is 0 Å². The summed E-state index contributed by atoms with van der Waals surface area (Å²) >= 11 is 1.53. The molecule has 0 radical (unpaired) electrons. The van der Waals surface area contributed by atoms with Crippen molar-refractivity contribution >= 4 is 33.3 Å². The second kappa shape index (κ2) is 8.27. The molecule has 0 unspecified atom stereocenters. The lowest BCUT2D eigenvalue weighted by Crippen LogP contribution is -2.17. The van der Waals surface area contributed by atoms with Crippen LogP contribution in [0.5, 0.6) is 0 Å². The van der Waals surface area contributed by atoms with Gasteiger partial charge < -0.3 is 10.4 Å². The Morgan fingerprint density at radius 2 is 1.97 bits per heavy atom. The predicted molar refractivity (Wildman–Crippen MR) is 106 cm³/mol. The van der Waals surface area contributed by atoms with E-state index in [4.69, 9.17) is 0 Å². The Kier molecular flexibility index (Phi) is 5.70. The lowest BCUT2D eigenvalue weighted by molar-refractivity contribution is -0.141. The summed E-state index contributed by atoms with van der Waals surface area (Å²) in [7, 11) is 0. The summed E-state index contributed by atoms with van der Waals surface area (Å²) in [6.45, 7) is 0.222. The van der Waals surface area contributed by atoms with Crippen molar-refractivity contribution < 1.29 is 23.1 Å². The molecular weight excluding hydrogens is 417 g/mol. The maximum Gasteiger partial charge on any atom is 0.433 e. The second-order valence-corrected chi connectivity index (χ2v) is 8.41. The fourth-order valence-corrected chi connectivity index (χ4v) is 4.73. The van der Waals surface area contributed by atoms with Crippen LogP contribution < -0.4 is 5.32 Å². The molecule has 0 aliphatic heterocycles. The molecule has 3 aromatic rings. The third-order valence-corrected chi connectivity index (χ3v) is 6.44. The maximum atomic E-state index is 12.8. The summed E-state index contributed by atoms with van der Waals surface area (Å²) in [6, 6.07) is 4.84. The first-order chi connectivity index (χ1) is 14.3. The van der Waals surface area contributed by atoms with Crippen LogP contribution in [0, 0.1) is 5.92 Å². The first kappa shape index (κ1) is 20.7. The second-order valence-electron chi connectivity index (χ2n) is 7.35. The van der Waals surface area contributed by atoms with E-state index in [2.05, 4.69) is 20.3 Å². The summed E-state index contributed by atoms with van der Waals surface area (Å²) in [6.07, 6.45) is 0.820. The van der Waals surface area contributed by atoms with Gasteiger partial charge in [-0.2, -0.15) is 13.2 Å². The number of aromatic nitrogens is 3. The highest BCUT2D eigenvalue weighted by Crippen LogP contribution is 2.39. The summed E-state index contributed by atoms with van der Waals surface area (Å²) in [5.41, 5.74) is -0.742. The summed E-state index contributed by atoms with van der Waals surface area (Å²) in [4.78, 5) is 24.5. The lowest BCUT2D eigenvalue weighted by atomic mass is 9.83. The number of pyridine rings is 2. The molecule has 6 nitrogen and oxygen atoms in total. The number of nitrogens with zero attached hydrogens (tertiary/aromatic N) is 3. The summed E-state index contributed by atoms with van der Waals surface area (Å²) in [5.74, 6) is 0.173. The number of rotatable bonds is 4. The smallest absolute Gasteiger partial charge is 0.396 e. The lowest BCUT2D eigenvalue weighted by Gasteiger charge is -2.25. The van der Waals surface area contributed by atoms with Gasteiger partial charge in [0.05, 0.1) is 21.4 Å². The number of amides is 1. The minimum atomic E-state index is -4.62. The zero-order valence-electron chi connectivity index (χ0n) is 15.8. The molecule has 0 aromatic carbocycles. The number of nitrogens with one attached hydrogen (secondary N) is 1. The highest BCUT2D eigenvalue weighted by molar-refractivity contribution is 7.18. The molecule has 1 aliphatic rings. The van der Waals surface area contributed by atoms with E-state index in [1.54, 1.807) is 12.3 Å². The molecule has 0 atom stereocenters. The van der Waals surface area contributed by atoms with Gasteiger partial charge >= 0.3 is 6.18 Å². The molecule has 3 aromatic heterocycles. The van der Waals surface area contributed by atoms with Gasteiger partial charge in [-0.05, 0) is 43.7 Å². The van der Waals surface area contributed by atoms with E-state index in [1.165, 1.54) is 17.4 Å². The average Bonchev–Trinajstić information content (AvgIpc) is 3.16. The van der Waals surface area contributed by atoms with Gasteiger partial charge in [-0.15, -0.1) is 11.3 Å². The highest BCUT2D eigenvalue weighted by atomic mass is 32.1. The Labute approximate surface area is 174 Å². The Bertz CT molecular complexity index is 1060. The van der Waals surface area contributed by atoms with Crippen molar-refractivity contribution in [2.24, 2.45) is 5.92 Å². The minimum Gasteiger partial charge on any atom is -0.396 e. The quantitative estimate of drug-likeness (QED) is 0.623. The van der Waals surface area contributed by atoms with Crippen LogP contribution in [-0.2, 0) is 6.18 Å². The Morgan fingerprint density at radius 3 is 2.67 bits per heavy atom. The van der Waals surface area contributed by atoms with Gasteiger partial charge in [-0.3, -0.25) is 4.79 Å². The van der Waals surface area contributed by atoms with Gasteiger partial charge in [-0.1, -0.05) is 6.07 Å². The van der Waals surface area contributed by atoms with Gasteiger partial charge in [0.15, 0.2) is 0 Å². The molecular formula is C20H19F3N4O2S. The first-order valence-corrected chi connectivity index (χ1v) is 10.4. The van der Waals surface area contributed by atoms with E-state index in [9.17, 15) is 23.1 Å². The molecule has 1 fully saturated rings. The number of hydrogen-bond acceptors (Lipinski definition) is 6. The number of alkyl halides is 3. The number of anilines is 1. The largest absolute Gasteiger partial charge is 0.433 e. The van der Waals surface area contributed by atoms with Crippen LogP contribution in [0.3, 0.4) is 0 Å². The normalized spacial score (nSPS) is 19.7. The molecule has 2 N–H and O–H groups in total. The van der Waals surface area contributed by atoms with Crippen LogP contribution >= 0.6 is 11.3 Å². The number of hydrogen-bond donors (Lipinski definition) is 2. The van der Waals surface area contributed by atoms with Gasteiger partial charge in [-0.25, -0.2) is 15.0 Å². The third kappa shape index (κ3) is 4.44. The molecule has 158 valence electrons. The van der Waals surface area contributed by atoms with E-state index in [0.717, 1.165) is 53.0 Å². The zero-order valence-corrected chi connectivity index (χ0v) is 16.6. The molecule has 1 aliphatic carbocycles. The standard InChI is InChI=1S/C20H19F3N4O2S/c21-20(22,23)16-3-1-2-13(25-16)18(29)27-17-8-15-14(9-24-17)26-19(30-15)12-6-4-11(10-28)5-7-12/h1-3,8-9,11-12,28H,4-7,10H2,(H,24,27,29)/t11-,12-. The molecule has 10 heteroatoms. The van der Waals surface area contributed by atoms with Crippen molar-refractivity contribution in [3.05, 3.63) is 46.9 Å². The van der Waals surface area contributed by atoms with Crippen molar-refractivity contribution in [3.8, 4) is 0 Å². The SMILES string of the molecule is O=C(Nc1cc2sc([C@H]3CC[C@H](CO)CC3)nc2cn1)c1cccc(C(F)(F)F)n1. The van der Waals surface area contributed by atoms with E-state index in [-0.39, 0.29) is 18.1 Å². The molecule has 0 saturated heterocycles. The van der Waals surface area contributed by atoms with Crippen LogP contribution in [0.1, 0.15) is 52.8 Å². The van der Waals surface area contributed by atoms with Crippen molar-refractivity contribution in [1.29, 1.82) is 0 Å². The van der Waals surface area contributed by atoms with Gasteiger partial charge in [0, 0.05) is 18.6 Å². The molecule has 30 heavy (non-hydrogen) atoms. The number of thiazole rings is 1. The summed E-state index contributed by atoms with van der Waals surface area (Å²) < 4.78 is 39.3. The number of aliphatic hydroxyl groups excluding tert-OH is 1. The van der Waals surface area contributed by atoms with Gasteiger partial charge in [0.25, 0.3) is 5.91 Å². The summed E-state index contributed by atoms with van der Waals surface area (Å²) in [5, 5.41) is 12.8. The molecule has 3 heterocycles. The van der Waals surface area contributed by atoms with Crippen molar-refractivity contribution in [3.63, 3.8) is 0 Å². The van der Waals surface area contributed by atoms with Crippen LogP contribution in [0.25, 0.3) is 10.2 Å². The van der Waals surface area contributed by atoms with Crippen molar-refractivity contribution in [2.75, 3.05) is 11.9 Å². The van der Waals surface area contributed by atoms with Crippen LogP contribution in [-0.4, -0.2) is 32.6 Å². The minimum absolute atomic E-state index is 0.222. The topological polar surface area (TPSA) is 88.0 Å².